The molecule has 0 aliphatic carbocycles. The predicted octanol–water partition coefficient (Wildman–Crippen LogP) is 3.71. The summed E-state index contributed by atoms with van der Waals surface area (Å²) in [6.07, 6.45) is -3.29. The number of carbonyl (C=O) groups is 4. The van der Waals surface area contributed by atoms with Crippen LogP contribution in [0.1, 0.15) is 12.0 Å². The Morgan fingerprint density at radius 3 is 2.50 bits per heavy atom. The smallest absolute Gasteiger partial charge is 0.416 e. The van der Waals surface area contributed by atoms with Crippen molar-refractivity contribution >= 4 is 46.8 Å². The van der Waals surface area contributed by atoms with Crippen molar-refractivity contribution in [2.45, 2.75) is 22.7 Å². The lowest BCUT2D eigenvalue weighted by Gasteiger charge is -2.17. The minimum Gasteiger partial charge on any atom is -0.478 e. The van der Waals surface area contributed by atoms with Gasteiger partial charge < -0.3 is 10.4 Å². The van der Waals surface area contributed by atoms with Gasteiger partial charge in [-0.15, -0.1) is 11.8 Å². The average Bonchev–Trinajstić information content (AvgIpc) is 2.99. The van der Waals surface area contributed by atoms with Crippen LogP contribution in [-0.2, 0) is 25.4 Å². The first kappa shape index (κ1) is 23.1. The quantitative estimate of drug-likeness (QED) is 0.499. The molecule has 2 aromatic rings. The number of carbonyl (C=O) groups excluding carboxylic acids is 3. The number of nitrogens with zero attached hydrogens (tertiary/aromatic N) is 1. The van der Waals surface area contributed by atoms with Gasteiger partial charge >= 0.3 is 12.1 Å². The van der Waals surface area contributed by atoms with Crippen LogP contribution in [0.2, 0.25) is 0 Å². The number of rotatable bonds is 6. The Morgan fingerprint density at radius 1 is 1.09 bits per heavy atom. The molecule has 2 N–H and O–H groups in total. The van der Waals surface area contributed by atoms with Crippen LogP contribution in [0.4, 0.5) is 24.5 Å². The first-order valence-corrected chi connectivity index (χ1v) is 9.95. The number of anilines is 2. The molecule has 0 radical (unpaired) electrons. The number of aliphatic carboxylic acids is 1. The van der Waals surface area contributed by atoms with E-state index in [4.69, 9.17) is 5.11 Å². The fourth-order valence-electron chi connectivity index (χ4n) is 2.93. The van der Waals surface area contributed by atoms with Gasteiger partial charge in [-0.1, -0.05) is 12.1 Å². The summed E-state index contributed by atoms with van der Waals surface area (Å²) < 4.78 is 38.9. The van der Waals surface area contributed by atoms with Crippen molar-refractivity contribution in [1.82, 2.24) is 0 Å². The van der Waals surface area contributed by atoms with Crippen LogP contribution in [0, 0.1) is 0 Å². The molecule has 1 heterocycles. The molecule has 32 heavy (non-hydrogen) atoms. The van der Waals surface area contributed by atoms with E-state index < -0.39 is 40.7 Å². The fraction of sp³-hybridized carbons (Fsp3) is 0.143. The van der Waals surface area contributed by atoms with Gasteiger partial charge in [0.15, 0.2) is 0 Å². The topological polar surface area (TPSA) is 104 Å². The molecule has 0 spiro atoms. The van der Waals surface area contributed by atoms with E-state index in [-0.39, 0.29) is 12.1 Å². The van der Waals surface area contributed by atoms with E-state index in [1.807, 2.05) is 0 Å². The standard InChI is InChI=1S/C21H15F3N2O5S/c22-21(23,24)12-3-1-5-14(9-12)26-18(28)11-16(20(26)31)32-15-6-2-4-13(10-15)25-17(27)7-8-19(29)30/h1-10,16H,11H2,(H,25,27)(H,29,30). The van der Waals surface area contributed by atoms with Crippen LogP contribution in [0.3, 0.4) is 0 Å². The lowest BCUT2D eigenvalue weighted by Crippen LogP contribution is -2.31. The third-order valence-corrected chi connectivity index (χ3v) is 5.47. The van der Waals surface area contributed by atoms with E-state index in [0.717, 1.165) is 40.9 Å². The van der Waals surface area contributed by atoms with E-state index in [9.17, 15) is 32.3 Å². The van der Waals surface area contributed by atoms with E-state index >= 15 is 0 Å². The van der Waals surface area contributed by atoms with Crippen molar-refractivity contribution in [1.29, 1.82) is 0 Å². The molecular weight excluding hydrogens is 449 g/mol. The van der Waals surface area contributed by atoms with Gasteiger partial charge in [0.1, 0.15) is 0 Å². The number of nitrogens with one attached hydrogen (secondary N) is 1. The Kier molecular flexibility index (Phi) is 6.68. The number of thioether (sulfide) groups is 1. The minimum atomic E-state index is -4.61. The molecule has 3 amide bonds. The van der Waals surface area contributed by atoms with Crippen molar-refractivity contribution in [3.63, 3.8) is 0 Å². The Bertz CT molecular complexity index is 1120. The van der Waals surface area contributed by atoms with Crippen molar-refractivity contribution in [3.05, 3.63) is 66.2 Å². The highest BCUT2D eigenvalue weighted by atomic mass is 32.2. The molecule has 166 valence electrons. The van der Waals surface area contributed by atoms with E-state index in [0.29, 0.717) is 16.7 Å². The van der Waals surface area contributed by atoms with Crippen molar-refractivity contribution < 1.29 is 37.5 Å². The average molecular weight is 464 g/mol. The Hall–Kier alpha value is -3.60. The zero-order chi connectivity index (χ0) is 23.5. The fourth-order valence-corrected chi connectivity index (χ4v) is 4.04. The van der Waals surface area contributed by atoms with Crippen molar-refractivity contribution in [2.24, 2.45) is 0 Å². The first-order chi connectivity index (χ1) is 15.0. The molecule has 0 bridgehead atoms. The number of carboxylic acids is 1. The second-order valence-electron chi connectivity index (χ2n) is 6.61. The second-order valence-corrected chi connectivity index (χ2v) is 7.89. The lowest BCUT2D eigenvalue weighted by atomic mass is 10.2. The molecular formula is C21H15F3N2O5S. The molecule has 1 saturated heterocycles. The van der Waals surface area contributed by atoms with Gasteiger partial charge in [-0.2, -0.15) is 13.2 Å². The minimum absolute atomic E-state index is 0.149. The molecule has 1 aliphatic rings. The maximum absolute atomic E-state index is 13.0. The second kappa shape index (κ2) is 9.27. The van der Waals surface area contributed by atoms with Gasteiger partial charge in [-0.25, -0.2) is 9.69 Å². The lowest BCUT2D eigenvalue weighted by molar-refractivity contribution is -0.137. The number of hydrogen-bond donors (Lipinski definition) is 2. The van der Waals surface area contributed by atoms with Gasteiger partial charge in [-0.3, -0.25) is 14.4 Å². The van der Waals surface area contributed by atoms with E-state index in [1.165, 1.54) is 12.1 Å². The Labute approximate surface area is 183 Å². The molecule has 0 aromatic heterocycles. The summed E-state index contributed by atoms with van der Waals surface area (Å²) in [6, 6.07) is 10.3. The van der Waals surface area contributed by atoms with Crippen LogP contribution in [0.25, 0.3) is 0 Å². The van der Waals surface area contributed by atoms with Crippen molar-refractivity contribution in [2.75, 3.05) is 10.2 Å². The first-order valence-electron chi connectivity index (χ1n) is 9.07. The normalized spacial score (nSPS) is 16.6. The summed E-state index contributed by atoms with van der Waals surface area (Å²) >= 11 is 1.03. The molecule has 0 saturated carbocycles. The molecule has 3 rings (SSSR count). The summed E-state index contributed by atoms with van der Waals surface area (Å²) in [5, 5.41) is 10.2. The molecule has 2 aromatic carbocycles. The van der Waals surface area contributed by atoms with Crippen molar-refractivity contribution in [3.8, 4) is 0 Å². The van der Waals surface area contributed by atoms with Crippen LogP contribution >= 0.6 is 11.8 Å². The highest BCUT2D eigenvalue weighted by Crippen LogP contribution is 2.37. The molecule has 1 fully saturated rings. The number of benzene rings is 2. The molecule has 11 heteroatoms. The van der Waals surface area contributed by atoms with Gasteiger partial charge in [0.2, 0.25) is 17.7 Å². The Morgan fingerprint density at radius 2 is 1.81 bits per heavy atom. The summed E-state index contributed by atoms with van der Waals surface area (Å²) in [6.45, 7) is 0. The summed E-state index contributed by atoms with van der Waals surface area (Å²) in [4.78, 5) is 48.6. The summed E-state index contributed by atoms with van der Waals surface area (Å²) in [5.74, 6) is -3.20. The highest BCUT2D eigenvalue weighted by molar-refractivity contribution is 8.00. The monoisotopic (exact) mass is 464 g/mol. The summed E-state index contributed by atoms with van der Waals surface area (Å²) in [7, 11) is 0. The molecule has 1 unspecified atom stereocenters. The number of halogens is 3. The van der Waals surface area contributed by atoms with Gasteiger partial charge in [0.25, 0.3) is 0 Å². The maximum atomic E-state index is 13.0. The molecule has 1 atom stereocenters. The Balaban J connectivity index is 1.73. The number of imide groups is 1. The molecule has 7 nitrogen and oxygen atoms in total. The van der Waals surface area contributed by atoms with Crippen LogP contribution in [-0.4, -0.2) is 34.0 Å². The summed E-state index contributed by atoms with van der Waals surface area (Å²) in [5.41, 5.74) is -0.780. The number of carboxylic acid groups (broad SMARTS) is 1. The zero-order valence-corrected chi connectivity index (χ0v) is 16.9. The van der Waals surface area contributed by atoms with Gasteiger partial charge in [-0.05, 0) is 36.4 Å². The third-order valence-electron chi connectivity index (χ3n) is 4.29. The van der Waals surface area contributed by atoms with Gasteiger partial charge in [0.05, 0.1) is 16.5 Å². The van der Waals surface area contributed by atoms with Crippen LogP contribution in [0.15, 0.2) is 65.6 Å². The van der Waals surface area contributed by atoms with E-state index in [1.54, 1.807) is 18.2 Å². The predicted molar refractivity (Wildman–Crippen MR) is 110 cm³/mol. The maximum Gasteiger partial charge on any atom is 0.416 e. The zero-order valence-electron chi connectivity index (χ0n) is 16.1. The number of hydrogen-bond acceptors (Lipinski definition) is 5. The number of amides is 3. The SMILES string of the molecule is O=C(O)C=CC(=O)Nc1cccc(SC2CC(=O)N(c3cccc(C(F)(F)F)c3)C2=O)c1. The molecule has 1 aliphatic heterocycles. The number of alkyl halides is 3. The van der Waals surface area contributed by atoms with Crippen LogP contribution < -0.4 is 10.2 Å². The van der Waals surface area contributed by atoms with Crippen LogP contribution in [0.5, 0.6) is 0 Å². The third kappa shape index (κ3) is 5.55. The van der Waals surface area contributed by atoms with E-state index in [2.05, 4.69) is 5.32 Å². The largest absolute Gasteiger partial charge is 0.478 e. The highest BCUT2D eigenvalue weighted by Gasteiger charge is 2.41. The van der Waals surface area contributed by atoms with Gasteiger partial charge in [0, 0.05) is 29.2 Å².